The Labute approximate surface area is 285 Å². The maximum Gasteiger partial charge on any atom is 0.185 e. The van der Waals surface area contributed by atoms with Gasteiger partial charge in [0.2, 0.25) is 0 Å². The maximum absolute atomic E-state index is 15.8. The number of nitrogens with zero attached hydrogens (tertiary/aromatic N) is 1. The van der Waals surface area contributed by atoms with Crippen molar-refractivity contribution in [3.63, 3.8) is 0 Å². The predicted molar refractivity (Wildman–Crippen MR) is 196 cm³/mol. The fourth-order valence-corrected chi connectivity index (χ4v) is 9.15. The van der Waals surface area contributed by atoms with E-state index in [0.29, 0.717) is 17.0 Å². The normalized spacial score (nSPS) is 14.8. The van der Waals surface area contributed by atoms with Gasteiger partial charge >= 0.3 is 0 Å². The van der Waals surface area contributed by atoms with Crippen LogP contribution in [-0.4, -0.2) is 4.31 Å². The third-order valence-corrected chi connectivity index (χ3v) is 11.8. The van der Waals surface area contributed by atoms with E-state index >= 15 is 8.78 Å². The fraction of sp³-hybridized carbons (Fsp3) is 0.632. The van der Waals surface area contributed by atoms with Crippen LogP contribution in [0.2, 0.25) is 0 Å². The van der Waals surface area contributed by atoms with Crippen LogP contribution in [0.3, 0.4) is 0 Å². The first-order valence-electron chi connectivity index (χ1n) is 18.0. The van der Waals surface area contributed by atoms with Crippen molar-refractivity contribution in [2.75, 3.05) is 0 Å². The van der Waals surface area contributed by atoms with Gasteiger partial charge in [-0.2, -0.15) is 0 Å². The summed E-state index contributed by atoms with van der Waals surface area (Å²) in [6.45, 7) is 4.53. The fourth-order valence-electron chi connectivity index (χ4n) is 6.34. The van der Waals surface area contributed by atoms with Crippen molar-refractivity contribution >= 4 is 46.1 Å². The van der Waals surface area contributed by atoms with E-state index in [1.54, 1.807) is 0 Å². The minimum atomic E-state index is -0.754. The van der Waals surface area contributed by atoms with Crippen LogP contribution >= 0.6 is 34.8 Å². The minimum absolute atomic E-state index is 0.332. The van der Waals surface area contributed by atoms with Crippen LogP contribution in [0.4, 0.5) is 8.78 Å². The molecule has 0 saturated carbocycles. The molecule has 45 heavy (non-hydrogen) atoms. The Kier molecular flexibility index (Phi) is 16.6. The molecule has 0 fully saturated rings. The van der Waals surface area contributed by atoms with Gasteiger partial charge in [0.25, 0.3) is 0 Å². The van der Waals surface area contributed by atoms with E-state index in [-0.39, 0.29) is 0 Å². The van der Waals surface area contributed by atoms with Crippen molar-refractivity contribution in [1.82, 2.24) is 9.03 Å². The predicted octanol–water partition coefficient (Wildman–Crippen LogP) is 14.1. The molecular formula is C38H56F2N2S3. The molecule has 0 bridgehead atoms. The standard InChI is InChI=1S/C38H56F2N2S3/c1-3-5-7-9-11-13-15-17-19-21-23-30-25-33(43-28-30)35-32-27-41-45-42(32)38(37(40)36(35)39)34-26-31(29-44-34)24-22-20-18-16-14-12-10-8-6-4-2/h25-29,41H,3-24H2,1-2H3. The van der Waals surface area contributed by atoms with Gasteiger partial charge in [-0.25, -0.2) is 8.78 Å². The summed E-state index contributed by atoms with van der Waals surface area (Å²) in [6.07, 6.45) is 30.1. The zero-order valence-corrected chi connectivity index (χ0v) is 30.3. The molecule has 2 aromatic heterocycles. The lowest BCUT2D eigenvalue weighted by Gasteiger charge is -2.27. The first-order chi connectivity index (χ1) is 22.1. The SMILES string of the molecule is CCCCCCCCCCCCc1csc(C2=C(F)C(F)=C(c3cc(CCCCCCCCCCCC)cs3)N3SNC=C23)c1. The number of nitrogens with one attached hydrogen (secondary N) is 1. The van der Waals surface area contributed by atoms with Crippen molar-refractivity contribution in [1.29, 1.82) is 0 Å². The van der Waals surface area contributed by atoms with Gasteiger partial charge in [-0.1, -0.05) is 129 Å². The quantitative estimate of drug-likeness (QED) is 0.0881. The van der Waals surface area contributed by atoms with Crippen molar-refractivity contribution < 1.29 is 8.78 Å². The lowest BCUT2D eigenvalue weighted by atomic mass is 10.0. The molecule has 2 aliphatic heterocycles. The van der Waals surface area contributed by atoms with Crippen LogP contribution in [0.15, 0.2) is 46.4 Å². The summed E-state index contributed by atoms with van der Waals surface area (Å²) in [4.78, 5) is 1.59. The largest absolute Gasteiger partial charge is 0.316 e. The molecular weight excluding hydrogens is 619 g/mol. The number of thiophene rings is 2. The van der Waals surface area contributed by atoms with Crippen LogP contribution in [0.5, 0.6) is 0 Å². The Balaban J connectivity index is 1.26. The van der Waals surface area contributed by atoms with Crippen LogP contribution < -0.4 is 4.72 Å². The van der Waals surface area contributed by atoms with Crippen LogP contribution in [0, 0.1) is 0 Å². The van der Waals surface area contributed by atoms with Gasteiger partial charge in [0.1, 0.15) is 5.70 Å². The summed E-state index contributed by atoms with van der Waals surface area (Å²) in [5, 5.41) is 4.25. The molecule has 0 aliphatic carbocycles. The van der Waals surface area contributed by atoms with Gasteiger partial charge in [-0.3, -0.25) is 4.31 Å². The molecule has 0 saturated heterocycles. The van der Waals surface area contributed by atoms with E-state index in [9.17, 15) is 0 Å². The molecule has 0 radical (unpaired) electrons. The lowest BCUT2D eigenvalue weighted by molar-refractivity contribution is 0.532. The van der Waals surface area contributed by atoms with Crippen molar-refractivity contribution in [2.24, 2.45) is 0 Å². The Bertz CT molecular complexity index is 1240. The number of aryl methyl sites for hydroxylation is 2. The zero-order chi connectivity index (χ0) is 31.7. The average molecular weight is 675 g/mol. The highest BCUT2D eigenvalue weighted by molar-refractivity contribution is 7.95. The Morgan fingerprint density at radius 3 is 1.53 bits per heavy atom. The van der Waals surface area contributed by atoms with E-state index in [0.717, 1.165) is 35.4 Å². The second kappa shape index (κ2) is 20.6. The summed E-state index contributed by atoms with van der Waals surface area (Å²) in [6, 6.07) is 4.14. The number of hydrogen-bond donors (Lipinski definition) is 1. The number of allylic oxidation sites excluding steroid dienone is 3. The number of rotatable bonds is 24. The highest BCUT2D eigenvalue weighted by Gasteiger charge is 2.37. The highest BCUT2D eigenvalue weighted by Crippen LogP contribution is 2.51. The number of halogens is 2. The number of hydrogen-bond acceptors (Lipinski definition) is 5. The number of unbranched alkanes of at least 4 members (excludes halogenated alkanes) is 18. The number of fused-ring (bicyclic) bond motifs is 1. The smallest absolute Gasteiger partial charge is 0.185 e. The Morgan fingerprint density at radius 2 is 1.02 bits per heavy atom. The molecule has 2 aliphatic rings. The molecule has 0 aromatic carbocycles. The summed E-state index contributed by atoms with van der Waals surface area (Å²) in [5.41, 5.74) is 3.85. The van der Waals surface area contributed by atoms with Gasteiger partial charge in [-0.15, -0.1) is 22.7 Å². The first-order valence-corrected chi connectivity index (χ1v) is 20.6. The summed E-state index contributed by atoms with van der Waals surface area (Å²) in [5.74, 6) is -1.50. The monoisotopic (exact) mass is 674 g/mol. The van der Waals surface area contributed by atoms with E-state index in [4.69, 9.17) is 0 Å². The van der Waals surface area contributed by atoms with Gasteiger partial charge in [-0.05, 0) is 59.7 Å². The van der Waals surface area contributed by atoms with Crippen molar-refractivity contribution in [2.45, 2.75) is 155 Å². The topological polar surface area (TPSA) is 15.3 Å². The van der Waals surface area contributed by atoms with Crippen LogP contribution in [0.25, 0.3) is 11.3 Å². The second-order valence-corrected chi connectivity index (χ2v) is 15.5. The van der Waals surface area contributed by atoms with E-state index < -0.39 is 11.7 Å². The molecule has 4 heterocycles. The average Bonchev–Trinajstić information content (AvgIpc) is 3.82. The summed E-state index contributed by atoms with van der Waals surface area (Å²) < 4.78 is 36.6. The molecule has 2 aromatic rings. The first kappa shape index (κ1) is 36.3. The third-order valence-electron chi connectivity index (χ3n) is 9.06. The molecule has 0 unspecified atom stereocenters. The van der Waals surface area contributed by atoms with Gasteiger partial charge < -0.3 is 4.72 Å². The lowest BCUT2D eigenvalue weighted by Crippen LogP contribution is -2.17. The molecule has 250 valence electrons. The molecule has 7 heteroatoms. The Hall–Kier alpha value is -1.57. The molecule has 2 nitrogen and oxygen atoms in total. The van der Waals surface area contributed by atoms with Crippen molar-refractivity contribution in [3.05, 3.63) is 67.3 Å². The molecule has 4 rings (SSSR count). The van der Waals surface area contributed by atoms with E-state index in [1.165, 1.54) is 162 Å². The van der Waals surface area contributed by atoms with Crippen LogP contribution in [0.1, 0.15) is 163 Å². The van der Waals surface area contributed by atoms with E-state index in [1.807, 2.05) is 10.5 Å². The zero-order valence-electron chi connectivity index (χ0n) is 27.9. The molecule has 0 amide bonds. The van der Waals surface area contributed by atoms with Crippen LogP contribution in [-0.2, 0) is 12.8 Å². The van der Waals surface area contributed by atoms with Crippen molar-refractivity contribution in [3.8, 4) is 0 Å². The third kappa shape index (κ3) is 11.3. The molecule has 0 atom stereocenters. The Morgan fingerprint density at radius 1 is 0.578 bits per heavy atom. The molecule has 0 spiro atoms. The molecule has 1 N–H and O–H groups in total. The summed E-state index contributed by atoms with van der Waals surface area (Å²) in [7, 11) is 0. The van der Waals surface area contributed by atoms with Gasteiger partial charge in [0.15, 0.2) is 11.7 Å². The second-order valence-electron chi connectivity index (χ2n) is 12.9. The highest BCUT2D eigenvalue weighted by atomic mass is 32.2. The van der Waals surface area contributed by atoms with Gasteiger partial charge in [0, 0.05) is 11.1 Å². The summed E-state index contributed by atoms with van der Waals surface area (Å²) >= 11 is 4.36. The minimum Gasteiger partial charge on any atom is -0.316 e. The van der Waals surface area contributed by atoms with Gasteiger partial charge in [0.05, 0.1) is 28.3 Å². The maximum atomic E-state index is 15.8. The van der Waals surface area contributed by atoms with E-state index in [2.05, 4.69) is 41.5 Å².